The van der Waals surface area contributed by atoms with E-state index in [0.717, 1.165) is 60.3 Å². The summed E-state index contributed by atoms with van der Waals surface area (Å²) in [5, 5.41) is 2.86. The van der Waals surface area contributed by atoms with Crippen LogP contribution >= 0.6 is 0 Å². The lowest BCUT2D eigenvalue weighted by atomic mass is 10.2. The third kappa shape index (κ3) is 8.89. The Morgan fingerprint density at radius 1 is 0.846 bits per heavy atom. The molecule has 0 saturated carbocycles. The van der Waals surface area contributed by atoms with Gasteiger partial charge in [-0.1, -0.05) is 55.6 Å². The van der Waals surface area contributed by atoms with Crippen molar-refractivity contribution in [3.05, 3.63) is 85.2 Å². The van der Waals surface area contributed by atoms with Gasteiger partial charge in [0.15, 0.2) is 0 Å². The molecule has 39 heavy (non-hydrogen) atoms. The summed E-state index contributed by atoms with van der Waals surface area (Å²) in [7, 11) is -1.36. The molecule has 1 aliphatic rings. The number of nitrogens with zero attached hydrogens (tertiary/aromatic N) is 3. The van der Waals surface area contributed by atoms with Crippen LogP contribution in [0.3, 0.4) is 0 Å². The van der Waals surface area contributed by atoms with Crippen molar-refractivity contribution in [1.29, 1.82) is 0 Å². The minimum Gasteiger partial charge on any atom is -0.493 e. The van der Waals surface area contributed by atoms with Crippen LogP contribution in [0.2, 0.25) is 24.7 Å². The molecule has 1 aliphatic carbocycles. The maximum atomic E-state index is 12.0. The third-order valence-corrected chi connectivity index (χ3v) is 10.7. The zero-order valence-electron chi connectivity index (χ0n) is 22.9. The highest BCUT2D eigenvalue weighted by molar-refractivity contribution is 6.79. The van der Waals surface area contributed by atoms with Crippen molar-refractivity contribution < 1.29 is 14.3 Å². The van der Waals surface area contributed by atoms with E-state index >= 15 is 0 Å². The smallest absolute Gasteiger partial charge is 0.407 e. The first kappa shape index (κ1) is 28.2. The molecular weight excluding hydrogens is 504 g/mol. The zero-order chi connectivity index (χ0) is 27.3. The molecule has 0 radical (unpaired) electrons. The predicted molar refractivity (Wildman–Crippen MR) is 158 cm³/mol. The normalized spacial score (nSPS) is 13.0. The molecule has 7 nitrogen and oxygen atoms in total. The van der Waals surface area contributed by atoms with E-state index in [0.29, 0.717) is 25.3 Å². The van der Waals surface area contributed by atoms with Crippen LogP contribution in [-0.2, 0) is 4.74 Å². The van der Waals surface area contributed by atoms with Crippen LogP contribution in [-0.4, -0.2) is 48.9 Å². The Balaban J connectivity index is 1.14. The fourth-order valence-corrected chi connectivity index (χ4v) is 7.18. The van der Waals surface area contributed by atoms with E-state index < -0.39 is 8.07 Å². The maximum Gasteiger partial charge on any atom is 0.407 e. The van der Waals surface area contributed by atoms with Gasteiger partial charge in [0.1, 0.15) is 5.75 Å². The second-order valence-corrected chi connectivity index (χ2v) is 15.5. The molecule has 0 atom stereocenters. The summed E-state index contributed by atoms with van der Waals surface area (Å²) in [6, 6.07) is 16.5. The molecule has 3 aromatic heterocycles. The van der Waals surface area contributed by atoms with Crippen LogP contribution < -0.4 is 10.1 Å². The van der Waals surface area contributed by atoms with Crippen molar-refractivity contribution in [2.24, 2.45) is 0 Å². The van der Waals surface area contributed by atoms with Crippen molar-refractivity contribution in [2.45, 2.75) is 50.4 Å². The number of allylic oxidation sites excluding steroid dienone is 4. The number of hydrogen-bond acceptors (Lipinski definition) is 6. The summed E-state index contributed by atoms with van der Waals surface area (Å²) in [4.78, 5) is 25.6. The molecule has 0 fully saturated rings. The SMILES string of the molecule is C[Si](C)(CCCOC(=O)NCCCCCOc1cc(-c2ccccn2)nc(-c2ccccn2)c1)C1C=CC=C1. The molecule has 3 heterocycles. The number of nitrogens with one attached hydrogen (secondary N) is 1. The number of aromatic nitrogens is 3. The van der Waals surface area contributed by atoms with Gasteiger partial charge in [-0.15, -0.1) is 0 Å². The molecule has 1 N–H and O–H groups in total. The average Bonchev–Trinajstić information content (AvgIpc) is 3.52. The van der Waals surface area contributed by atoms with Gasteiger partial charge in [0.05, 0.1) is 44.1 Å². The largest absolute Gasteiger partial charge is 0.493 e. The van der Waals surface area contributed by atoms with Gasteiger partial charge in [-0.05, 0) is 55.5 Å². The summed E-state index contributed by atoms with van der Waals surface area (Å²) < 4.78 is 11.5. The number of rotatable bonds is 14. The number of pyridine rings is 3. The van der Waals surface area contributed by atoms with Crippen molar-refractivity contribution in [3.63, 3.8) is 0 Å². The van der Waals surface area contributed by atoms with Gasteiger partial charge in [-0.25, -0.2) is 9.78 Å². The zero-order valence-corrected chi connectivity index (χ0v) is 23.9. The number of unbranched alkanes of at least 4 members (excludes halogenated alkanes) is 2. The molecule has 204 valence electrons. The number of ether oxygens (including phenoxy) is 2. The van der Waals surface area contributed by atoms with Gasteiger partial charge in [-0.2, -0.15) is 0 Å². The molecule has 3 aromatic rings. The van der Waals surface area contributed by atoms with Crippen LogP contribution in [0.1, 0.15) is 25.7 Å². The van der Waals surface area contributed by atoms with E-state index in [1.54, 1.807) is 12.4 Å². The Labute approximate surface area is 232 Å². The van der Waals surface area contributed by atoms with E-state index in [2.05, 4.69) is 52.7 Å². The first-order chi connectivity index (χ1) is 19.0. The van der Waals surface area contributed by atoms with Crippen molar-refractivity contribution in [2.75, 3.05) is 19.8 Å². The molecular formula is C31H38N4O3Si. The fraction of sp³-hybridized carbons (Fsp3) is 0.355. The van der Waals surface area contributed by atoms with E-state index in [1.807, 2.05) is 48.5 Å². The Bertz CT molecular complexity index is 1180. The summed E-state index contributed by atoms with van der Waals surface area (Å²) >= 11 is 0. The van der Waals surface area contributed by atoms with E-state index in [1.165, 1.54) is 0 Å². The molecule has 0 aromatic carbocycles. The van der Waals surface area contributed by atoms with E-state index in [-0.39, 0.29) is 6.09 Å². The molecule has 1 amide bonds. The molecule has 4 rings (SSSR count). The van der Waals surface area contributed by atoms with Crippen LogP contribution in [0.4, 0.5) is 4.79 Å². The highest BCUT2D eigenvalue weighted by Crippen LogP contribution is 2.32. The lowest BCUT2D eigenvalue weighted by Crippen LogP contribution is -2.31. The van der Waals surface area contributed by atoms with E-state index in [9.17, 15) is 4.79 Å². The number of hydrogen-bond donors (Lipinski definition) is 1. The minimum atomic E-state index is -1.36. The summed E-state index contributed by atoms with van der Waals surface area (Å²) in [6.07, 6.45) is 15.6. The van der Waals surface area contributed by atoms with Crippen molar-refractivity contribution >= 4 is 14.2 Å². The van der Waals surface area contributed by atoms with Crippen molar-refractivity contribution in [3.8, 4) is 28.5 Å². The van der Waals surface area contributed by atoms with Gasteiger partial charge in [-0.3, -0.25) is 9.97 Å². The summed E-state index contributed by atoms with van der Waals surface area (Å²) in [6.45, 7) is 6.44. The monoisotopic (exact) mass is 542 g/mol. The quantitative estimate of drug-likeness (QED) is 0.173. The lowest BCUT2D eigenvalue weighted by Gasteiger charge is -2.27. The predicted octanol–water partition coefficient (Wildman–Crippen LogP) is 7.08. The number of carbonyl (C=O) groups excluding carboxylic acids is 1. The average molecular weight is 543 g/mol. The van der Waals surface area contributed by atoms with E-state index in [4.69, 9.17) is 14.5 Å². The molecule has 8 heteroatoms. The van der Waals surface area contributed by atoms with Crippen LogP contribution in [0.25, 0.3) is 22.8 Å². The number of amides is 1. The van der Waals surface area contributed by atoms with Crippen LogP contribution in [0.15, 0.2) is 85.2 Å². The van der Waals surface area contributed by atoms with Crippen LogP contribution in [0, 0.1) is 0 Å². The molecule has 0 saturated heterocycles. The Hall–Kier alpha value is -3.78. The highest BCUT2D eigenvalue weighted by Gasteiger charge is 2.28. The Kier molecular flexibility index (Phi) is 10.4. The number of carbonyl (C=O) groups is 1. The van der Waals surface area contributed by atoms with Gasteiger partial charge in [0.25, 0.3) is 0 Å². The highest BCUT2D eigenvalue weighted by atomic mass is 28.3. The molecule has 0 bridgehead atoms. The van der Waals surface area contributed by atoms with Gasteiger partial charge in [0.2, 0.25) is 0 Å². The van der Waals surface area contributed by atoms with Crippen molar-refractivity contribution in [1.82, 2.24) is 20.3 Å². The molecule has 0 unspecified atom stereocenters. The third-order valence-electron chi connectivity index (χ3n) is 6.86. The topological polar surface area (TPSA) is 86.2 Å². The first-order valence-electron chi connectivity index (χ1n) is 13.7. The molecule has 0 spiro atoms. The Morgan fingerprint density at radius 2 is 1.51 bits per heavy atom. The summed E-state index contributed by atoms with van der Waals surface area (Å²) in [5.74, 6) is 0.735. The first-order valence-corrected chi connectivity index (χ1v) is 17.0. The Morgan fingerprint density at radius 3 is 2.13 bits per heavy atom. The van der Waals surface area contributed by atoms with Gasteiger partial charge < -0.3 is 14.8 Å². The molecule has 0 aliphatic heterocycles. The maximum absolute atomic E-state index is 12.0. The van der Waals surface area contributed by atoms with Gasteiger partial charge >= 0.3 is 6.09 Å². The second-order valence-electron chi connectivity index (χ2n) is 10.4. The number of alkyl carbamates (subject to hydrolysis) is 1. The fourth-order valence-electron chi connectivity index (χ4n) is 4.53. The second kappa shape index (κ2) is 14.4. The minimum absolute atomic E-state index is 0.327. The lowest BCUT2D eigenvalue weighted by molar-refractivity contribution is 0.146. The van der Waals surface area contributed by atoms with Crippen LogP contribution in [0.5, 0.6) is 5.75 Å². The standard InChI is InChI=1S/C31H38N4O3Si/c1-39(2,26-13-4-5-14-26)22-12-21-38-31(36)34-19-8-3-11-20-37-25-23-29(27-15-6-9-17-32-27)35-30(24-25)28-16-7-10-18-33-28/h4-7,9-10,13-18,23-24,26H,3,8,11-12,19-22H2,1-2H3,(H,34,36). The van der Waals surface area contributed by atoms with Gasteiger partial charge in [0, 0.05) is 31.1 Å². The summed E-state index contributed by atoms with van der Waals surface area (Å²) in [5.41, 5.74) is 3.66.